The van der Waals surface area contributed by atoms with E-state index in [1.165, 1.54) is 0 Å². The van der Waals surface area contributed by atoms with Crippen LogP contribution in [0.15, 0.2) is 28.7 Å². The fourth-order valence-electron chi connectivity index (χ4n) is 1.44. The highest BCUT2D eigenvalue weighted by Crippen LogP contribution is 2.16. The first-order chi connectivity index (χ1) is 6.75. The Morgan fingerprint density at radius 3 is 2.79 bits per heavy atom. The molecule has 1 aromatic carbocycles. The van der Waals surface area contributed by atoms with Crippen LogP contribution in [0.5, 0.6) is 0 Å². The zero-order chi connectivity index (χ0) is 9.97. The van der Waals surface area contributed by atoms with Gasteiger partial charge in [-0.15, -0.1) is 0 Å². The predicted molar refractivity (Wildman–Crippen MR) is 57.2 cm³/mol. The zero-order valence-corrected chi connectivity index (χ0v) is 8.66. The molecule has 0 saturated carbocycles. The van der Waals surface area contributed by atoms with E-state index < -0.39 is 0 Å². The van der Waals surface area contributed by atoms with Crippen LogP contribution in [0, 0.1) is 5.92 Å². The Labute approximate surface area is 84.0 Å². The number of para-hydroxylation sites is 2. The average Bonchev–Trinajstić information content (AvgIpc) is 2.57. The fourth-order valence-corrected chi connectivity index (χ4v) is 1.44. The third-order valence-electron chi connectivity index (χ3n) is 2.27. The number of rotatable bonds is 3. The molecule has 1 aromatic heterocycles. The van der Waals surface area contributed by atoms with Crippen molar-refractivity contribution in [3.63, 3.8) is 0 Å². The van der Waals surface area contributed by atoms with Gasteiger partial charge in [-0.2, -0.15) is 0 Å². The topological polar surface area (TPSA) is 26.0 Å². The average molecular weight is 189 g/mol. The van der Waals surface area contributed by atoms with Crippen molar-refractivity contribution in [1.29, 1.82) is 0 Å². The second-order valence-corrected chi connectivity index (χ2v) is 4.01. The number of aromatic nitrogens is 1. The van der Waals surface area contributed by atoms with Gasteiger partial charge in [0.05, 0.1) is 0 Å². The van der Waals surface area contributed by atoms with E-state index in [1.54, 1.807) is 0 Å². The van der Waals surface area contributed by atoms with Crippen LogP contribution in [0.4, 0.5) is 0 Å². The van der Waals surface area contributed by atoms with Crippen molar-refractivity contribution >= 4 is 11.1 Å². The smallest absolute Gasteiger partial charge is 0.195 e. The van der Waals surface area contributed by atoms with Crippen molar-refractivity contribution in [2.75, 3.05) is 0 Å². The van der Waals surface area contributed by atoms with Crippen LogP contribution in [0.1, 0.15) is 26.2 Å². The number of hydrogen-bond donors (Lipinski definition) is 0. The van der Waals surface area contributed by atoms with Crippen molar-refractivity contribution in [3.05, 3.63) is 30.2 Å². The Kier molecular flexibility index (Phi) is 2.53. The number of benzene rings is 1. The Bertz CT molecular complexity index is 384. The summed E-state index contributed by atoms with van der Waals surface area (Å²) in [5.41, 5.74) is 1.86. The summed E-state index contributed by atoms with van der Waals surface area (Å²) in [6.45, 7) is 4.42. The van der Waals surface area contributed by atoms with Gasteiger partial charge in [0.15, 0.2) is 11.5 Å². The van der Waals surface area contributed by atoms with Gasteiger partial charge in [-0.25, -0.2) is 4.98 Å². The van der Waals surface area contributed by atoms with Crippen LogP contribution in [0.2, 0.25) is 0 Å². The van der Waals surface area contributed by atoms with E-state index in [0.29, 0.717) is 5.92 Å². The number of oxazole rings is 1. The molecule has 0 atom stereocenters. The number of fused-ring (bicyclic) bond motifs is 1. The minimum atomic E-state index is 0.699. The second kappa shape index (κ2) is 3.82. The van der Waals surface area contributed by atoms with Crippen LogP contribution in [0.3, 0.4) is 0 Å². The highest BCUT2D eigenvalue weighted by atomic mass is 16.3. The predicted octanol–water partition coefficient (Wildman–Crippen LogP) is 3.42. The van der Waals surface area contributed by atoms with Crippen LogP contribution in [0.25, 0.3) is 11.1 Å². The Balaban J connectivity index is 2.19. The molecule has 0 unspecified atom stereocenters. The molecule has 0 N–H and O–H groups in total. The minimum absolute atomic E-state index is 0.699. The maximum absolute atomic E-state index is 5.61. The van der Waals surface area contributed by atoms with E-state index in [9.17, 15) is 0 Å². The molecule has 0 spiro atoms. The lowest BCUT2D eigenvalue weighted by molar-refractivity contribution is 0.484. The van der Waals surface area contributed by atoms with Gasteiger partial charge >= 0.3 is 0 Å². The van der Waals surface area contributed by atoms with Crippen molar-refractivity contribution in [1.82, 2.24) is 4.98 Å². The fraction of sp³-hybridized carbons (Fsp3) is 0.417. The van der Waals surface area contributed by atoms with Crippen LogP contribution >= 0.6 is 0 Å². The summed E-state index contributed by atoms with van der Waals surface area (Å²) < 4.78 is 5.61. The summed E-state index contributed by atoms with van der Waals surface area (Å²) in [4.78, 5) is 4.42. The number of nitrogens with zero attached hydrogens (tertiary/aromatic N) is 1. The molecular weight excluding hydrogens is 174 g/mol. The summed E-state index contributed by atoms with van der Waals surface area (Å²) in [5.74, 6) is 1.56. The zero-order valence-electron chi connectivity index (χ0n) is 8.66. The molecule has 2 nitrogen and oxygen atoms in total. The monoisotopic (exact) mass is 189 g/mol. The molecule has 0 bridgehead atoms. The Hall–Kier alpha value is -1.31. The third-order valence-corrected chi connectivity index (χ3v) is 2.27. The molecule has 74 valence electrons. The maximum atomic E-state index is 5.61. The van der Waals surface area contributed by atoms with Gasteiger partial charge < -0.3 is 4.42 Å². The lowest BCUT2D eigenvalue weighted by atomic mass is 10.1. The molecule has 0 aliphatic heterocycles. The molecule has 2 aromatic rings. The summed E-state index contributed by atoms with van der Waals surface area (Å²) >= 11 is 0. The molecule has 0 radical (unpaired) electrons. The van der Waals surface area contributed by atoms with Crippen LogP contribution < -0.4 is 0 Å². The molecule has 0 aliphatic carbocycles. The van der Waals surface area contributed by atoms with E-state index in [2.05, 4.69) is 18.8 Å². The standard InChI is InChI=1S/C12H15NO/c1-9(2)7-8-12-13-10-5-3-4-6-11(10)14-12/h3-6,9H,7-8H2,1-2H3. The molecule has 0 fully saturated rings. The molecule has 0 saturated heterocycles. The first kappa shape index (κ1) is 9.25. The largest absolute Gasteiger partial charge is 0.441 e. The molecule has 2 rings (SSSR count). The van der Waals surface area contributed by atoms with Crippen molar-refractivity contribution < 1.29 is 4.42 Å². The first-order valence-electron chi connectivity index (χ1n) is 5.10. The van der Waals surface area contributed by atoms with E-state index in [1.807, 2.05) is 24.3 Å². The van der Waals surface area contributed by atoms with Gasteiger partial charge in [0, 0.05) is 6.42 Å². The van der Waals surface area contributed by atoms with Crippen molar-refractivity contribution in [2.45, 2.75) is 26.7 Å². The second-order valence-electron chi connectivity index (χ2n) is 4.01. The maximum Gasteiger partial charge on any atom is 0.195 e. The van der Waals surface area contributed by atoms with Crippen LogP contribution in [-0.4, -0.2) is 4.98 Å². The third kappa shape index (κ3) is 1.95. The molecular formula is C12H15NO. The van der Waals surface area contributed by atoms with E-state index in [0.717, 1.165) is 29.8 Å². The normalized spacial score (nSPS) is 11.4. The molecule has 14 heavy (non-hydrogen) atoms. The van der Waals surface area contributed by atoms with Crippen LogP contribution in [-0.2, 0) is 6.42 Å². The Morgan fingerprint density at radius 1 is 1.29 bits per heavy atom. The van der Waals surface area contributed by atoms with Gasteiger partial charge in [0.1, 0.15) is 5.52 Å². The van der Waals surface area contributed by atoms with Crippen molar-refractivity contribution in [3.8, 4) is 0 Å². The minimum Gasteiger partial charge on any atom is -0.441 e. The molecule has 0 amide bonds. The first-order valence-corrected chi connectivity index (χ1v) is 5.10. The summed E-state index contributed by atoms with van der Waals surface area (Å²) in [5, 5.41) is 0. The number of hydrogen-bond acceptors (Lipinski definition) is 2. The summed E-state index contributed by atoms with van der Waals surface area (Å²) in [7, 11) is 0. The number of aryl methyl sites for hydroxylation is 1. The lowest BCUT2D eigenvalue weighted by Crippen LogP contribution is -1.91. The van der Waals surface area contributed by atoms with E-state index in [4.69, 9.17) is 4.42 Å². The van der Waals surface area contributed by atoms with E-state index >= 15 is 0 Å². The Morgan fingerprint density at radius 2 is 2.07 bits per heavy atom. The van der Waals surface area contributed by atoms with E-state index in [-0.39, 0.29) is 0 Å². The summed E-state index contributed by atoms with van der Waals surface area (Å²) in [6.07, 6.45) is 2.07. The highest BCUT2D eigenvalue weighted by molar-refractivity contribution is 5.72. The molecule has 1 heterocycles. The van der Waals surface area contributed by atoms with Gasteiger partial charge in [-0.3, -0.25) is 0 Å². The van der Waals surface area contributed by atoms with Gasteiger partial charge in [0.25, 0.3) is 0 Å². The van der Waals surface area contributed by atoms with Crippen molar-refractivity contribution in [2.24, 2.45) is 5.92 Å². The van der Waals surface area contributed by atoms with Gasteiger partial charge in [-0.05, 0) is 24.5 Å². The molecule has 0 aliphatic rings. The summed E-state index contributed by atoms with van der Waals surface area (Å²) in [6, 6.07) is 7.90. The van der Waals surface area contributed by atoms with Gasteiger partial charge in [0.2, 0.25) is 0 Å². The SMILES string of the molecule is CC(C)CCc1nc2ccccc2o1. The lowest BCUT2D eigenvalue weighted by Gasteiger charge is -1.99. The quantitative estimate of drug-likeness (QED) is 0.739. The molecule has 2 heteroatoms. The highest BCUT2D eigenvalue weighted by Gasteiger charge is 2.05. The van der Waals surface area contributed by atoms with Gasteiger partial charge in [-0.1, -0.05) is 26.0 Å².